The highest BCUT2D eigenvalue weighted by Crippen LogP contribution is 2.41. The molecule has 170 valence electrons. The van der Waals surface area contributed by atoms with Crippen LogP contribution in [0.1, 0.15) is 47.4 Å². The third-order valence-corrected chi connectivity index (χ3v) is 5.28. The second-order valence-electron chi connectivity index (χ2n) is 6.57. The number of halogens is 4. The van der Waals surface area contributed by atoms with E-state index in [0.29, 0.717) is 18.9 Å². The first-order valence-electron chi connectivity index (χ1n) is 8.91. The summed E-state index contributed by atoms with van der Waals surface area (Å²) in [5.41, 5.74) is -6.77. The van der Waals surface area contributed by atoms with Crippen molar-refractivity contribution in [1.82, 2.24) is 0 Å². The first kappa shape index (κ1) is 24.5. The van der Waals surface area contributed by atoms with Crippen LogP contribution in [0.15, 0.2) is 18.2 Å². The zero-order valence-electron chi connectivity index (χ0n) is 16.3. The van der Waals surface area contributed by atoms with Gasteiger partial charge in [-0.2, -0.15) is 21.6 Å². The number of carboxylic acids is 1. The van der Waals surface area contributed by atoms with Crippen LogP contribution in [0.25, 0.3) is 10.8 Å². The van der Waals surface area contributed by atoms with Crippen LogP contribution in [0.5, 0.6) is 5.75 Å². The van der Waals surface area contributed by atoms with Crippen molar-refractivity contribution in [1.29, 1.82) is 0 Å². The van der Waals surface area contributed by atoms with E-state index in [2.05, 4.69) is 4.18 Å². The van der Waals surface area contributed by atoms with Gasteiger partial charge in [0.05, 0.1) is 5.56 Å². The summed E-state index contributed by atoms with van der Waals surface area (Å²) in [5, 5.41) is 9.07. The highest BCUT2D eigenvalue weighted by atomic mass is 32.2. The molecule has 0 aliphatic carbocycles. The average Bonchev–Trinajstić information content (AvgIpc) is 2.65. The van der Waals surface area contributed by atoms with Crippen molar-refractivity contribution in [3.8, 4) is 5.75 Å². The van der Waals surface area contributed by atoms with Crippen molar-refractivity contribution in [2.24, 2.45) is 0 Å². The van der Waals surface area contributed by atoms with E-state index in [4.69, 9.17) is 4.74 Å². The maximum Gasteiger partial charge on any atom is 0.534 e. The maximum absolute atomic E-state index is 14.2. The lowest BCUT2D eigenvalue weighted by atomic mass is 9.95. The molecule has 31 heavy (non-hydrogen) atoms. The number of aldehydes is 1. The number of hydrogen-bond acceptors (Lipinski definition) is 6. The van der Waals surface area contributed by atoms with E-state index in [9.17, 15) is 40.7 Å². The molecule has 2 aromatic rings. The number of aliphatic carboxylic acids is 1. The van der Waals surface area contributed by atoms with E-state index in [-0.39, 0.29) is 23.8 Å². The highest BCUT2D eigenvalue weighted by Gasteiger charge is 2.49. The molecule has 0 aromatic heterocycles. The van der Waals surface area contributed by atoms with Crippen molar-refractivity contribution in [2.75, 3.05) is 6.61 Å². The molecule has 0 saturated carbocycles. The van der Waals surface area contributed by atoms with Crippen LogP contribution in [0.2, 0.25) is 0 Å². The van der Waals surface area contributed by atoms with Gasteiger partial charge < -0.3 is 14.0 Å². The minimum Gasteiger partial charge on any atom is -0.479 e. The monoisotopic (exact) mass is 466 g/mol. The summed E-state index contributed by atoms with van der Waals surface area (Å²) >= 11 is 0. The van der Waals surface area contributed by atoms with E-state index in [1.54, 1.807) is 6.92 Å². The Labute approximate surface area is 174 Å². The van der Waals surface area contributed by atoms with Crippen molar-refractivity contribution < 1.29 is 49.6 Å². The number of alkyl halides is 3. The number of fused-ring (bicyclic) bond motifs is 1. The maximum atomic E-state index is 14.2. The van der Waals surface area contributed by atoms with E-state index < -0.39 is 55.8 Å². The largest absolute Gasteiger partial charge is 0.534 e. The Morgan fingerprint density at radius 3 is 2.42 bits per heavy atom. The molecule has 0 amide bonds. The smallest absolute Gasteiger partial charge is 0.479 e. The van der Waals surface area contributed by atoms with E-state index in [0.717, 1.165) is 6.07 Å². The normalized spacial score (nSPS) is 13.2. The summed E-state index contributed by atoms with van der Waals surface area (Å²) in [7, 11) is -6.23. The summed E-state index contributed by atoms with van der Waals surface area (Å²) in [6, 6.07) is 2.85. The Hall–Kier alpha value is -2.73. The molecule has 0 fully saturated rings. The lowest BCUT2D eigenvalue weighted by Crippen LogP contribution is -2.29. The molecule has 1 N–H and O–H groups in total. The highest BCUT2D eigenvalue weighted by molar-refractivity contribution is 7.88. The number of ether oxygens (including phenoxy) is 1. The van der Waals surface area contributed by atoms with Gasteiger partial charge in [-0.25, -0.2) is 9.18 Å². The Balaban J connectivity index is 2.87. The fraction of sp³-hybridized carbons (Fsp3) is 0.368. The van der Waals surface area contributed by atoms with Crippen molar-refractivity contribution in [3.63, 3.8) is 0 Å². The van der Waals surface area contributed by atoms with Gasteiger partial charge in [-0.05, 0) is 36.4 Å². The molecule has 2 rings (SSSR count). The third-order valence-electron chi connectivity index (χ3n) is 4.33. The van der Waals surface area contributed by atoms with Gasteiger partial charge in [-0.3, -0.25) is 4.79 Å². The number of hydrogen-bond donors (Lipinski definition) is 1. The van der Waals surface area contributed by atoms with Crippen LogP contribution in [-0.2, 0) is 19.6 Å². The fourth-order valence-corrected chi connectivity index (χ4v) is 3.34. The number of aryl methyl sites for hydroxylation is 1. The molecule has 0 bridgehead atoms. The van der Waals surface area contributed by atoms with Crippen LogP contribution < -0.4 is 4.18 Å². The van der Waals surface area contributed by atoms with Gasteiger partial charge in [0.1, 0.15) is 5.82 Å². The number of carboxylic acid groups (broad SMARTS) is 1. The summed E-state index contributed by atoms with van der Waals surface area (Å²) in [6.45, 7) is 3.00. The second kappa shape index (κ2) is 9.18. The Kier molecular flexibility index (Phi) is 7.27. The molecular formula is C19H18F4O7S. The number of carbonyl (C=O) groups excluding carboxylic acids is 1. The molecular weight excluding hydrogens is 448 g/mol. The predicted molar refractivity (Wildman–Crippen MR) is 101 cm³/mol. The number of unbranched alkanes of at least 4 members (excludes halogenated alkanes) is 1. The van der Waals surface area contributed by atoms with Crippen molar-refractivity contribution in [2.45, 2.75) is 38.3 Å². The van der Waals surface area contributed by atoms with Gasteiger partial charge in [0.15, 0.2) is 18.1 Å². The molecule has 0 heterocycles. The van der Waals surface area contributed by atoms with Gasteiger partial charge in [-0.15, -0.1) is 0 Å². The van der Waals surface area contributed by atoms with Gasteiger partial charge in [-0.1, -0.05) is 19.4 Å². The summed E-state index contributed by atoms with van der Waals surface area (Å²) < 4.78 is 86.1. The molecule has 0 spiro atoms. The van der Waals surface area contributed by atoms with Crippen LogP contribution in [0, 0.1) is 12.7 Å². The van der Waals surface area contributed by atoms with Crippen LogP contribution >= 0.6 is 0 Å². The summed E-state index contributed by atoms with van der Waals surface area (Å²) in [4.78, 5) is 22.8. The topological polar surface area (TPSA) is 107 Å². The lowest BCUT2D eigenvalue weighted by Gasteiger charge is -2.22. The van der Waals surface area contributed by atoms with Crippen molar-refractivity contribution >= 4 is 33.1 Å². The molecule has 0 aliphatic rings. The Bertz CT molecular complexity index is 1110. The van der Waals surface area contributed by atoms with E-state index >= 15 is 0 Å². The molecule has 0 saturated heterocycles. The molecule has 7 nitrogen and oxygen atoms in total. The summed E-state index contributed by atoms with van der Waals surface area (Å²) in [6.07, 6.45) is -0.679. The van der Waals surface area contributed by atoms with Crippen LogP contribution in [-0.4, -0.2) is 37.9 Å². The molecule has 12 heteroatoms. The fourth-order valence-electron chi connectivity index (χ4n) is 2.85. The van der Waals surface area contributed by atoms with Gasteiger partial charge >= 0.3 is 21.6 Å². The van der Waals surface area contributed by atoms with Gasteiger partial charge in [0.2, 0.25) is 0 Å². The first-order valence-corrected chi connectivity index (χ1v) is 10.3. The van der Waals surface area contributed by atoms with Gasteiger partial charge in [0.25, 0.3) is 0 Å². The van der Waals surface area contributed by atoms with E-state index in [1.165, 1.54) is 13.0 Å². The molecule has 1 atom stereocenters. The Morgan fingerprint density at radius 2 is 1.90 bits per heavy atom. The van der Waals surface area contributed by atoms with Crippen molar-refractivity contribution in [3.05, 3.63) is 40.7 Å². The quantitative estimate of drug-likeness (QED) is 0.193. The second-order valence-corrected chi connectivity index (χ2v) is 8.11. The average molecular weight is 466 g/mol. The first-order chi connectivity index (χ1) is 14.3. The number of benzene rings is 2. The molecule has 0 radical (unpaired) electrons. The van der Waals surface area contributed by atoms with Crippen LogP contribution in [0.3, 0.4) is 0 Å². The van der Waals surface area contributed by atoms with Gasteiger partial charge in [0, 0.05) is 17.6 Å². The number of carbonyl (C=O) groups is 2. The SMILES string of the molecule is CCCCOC(C(=O)O)c1c(C)cc2cc(C=O)c(F)cc2c1OS(=O)(=O)C(F)(F)F. The number of rotatable bonds is 9. The molecule has 2 aromatic carbocycles. The summed E-state index contributed by atoms with van der Waals surface area (Å²) in [5.74, 6) is -3.81. The molecule has 1 unspecified atom stereocenters. The molecule has 0 aliphatic heterocycles. The minimum atomic E-state index is -6.23. The zero-order valence-corrected chi connectivity index (χ0v) is 17.1. The van der Waals surface area contributed by atoms with E-state index in [1.807, 2.05) is 0 Å². The Morgan fingerprint density at radius 1 is 1.26 bits per heavy atom. The zero-order chi connectivity index (χ0) is 23.6. The lowest BCUT2D eigenvalue weighted by molar-refractivity contribution is -0.151. The van der Waals surface area contributed by atoms with Crippen LogP contribution in [0.4, 0.5) is 17.6 Å². The third kappa shape index (κ3) is 5.13. The predicted octanol–water partition coefficient (Wildman–Crippen LogP) is 4.27. The standard InChI is InChI=1S/C19H18F4O7S/c1-3-4-5-29-17(18(25)26)15-10(2)6-11-7-12(9-24)14(20)8-13(11)16(15)30-31(27,28)19(21,22)23/h6-9,17H,3-5H2,1-2H3,(H,25,26). The minimum absolute atomic E-state index is 0.00669.